The number of carbonyl (C=O) groups excluding carboxylic acids is 1. The first kappa shape index (κ1) is 12.2. The standard InChI is InChI=1S/C11H16N4O/c1-3-5-9(2)6-4-7-15-8-13-11(14-15)10(12)16/h4-6,8H,3,7H2,1-2H3,(H2,12,16)/b6-4+,9-5+. The second-order valence-electron chi connectivity index (χ2n) is 3.41. The van der Waals surface area contributed by atoms with Gasteiger partial charge in [-0.2, -0.15) is 0 Å². The van der Waals surface area contributed by atoms with Crippen molar-refractivity contribution in [2.75, 3.05) is 0 Å². The summed E-state index contributed by atoms with van der Waals surface area (Å²) in [6, 6.07) is 0. The van der Waals surface area contributed by atoms with Crippen molar-refractivity contribution in [3.63, 3.8) is 0 Å². The second kappa shape index (κ2) is 5.85. The highest BCUT2D eigenvalue weighted by atomic mass is 16.1. The summed E-state index contributed by atoms with van der Waals surface area (Å²) in [5.41, 5.74) is 6.25. The molecule has 5 heteroatoms. The predicted octanol–water partition coefficient (Wildman–Crippen LogP) is 1.29. The zero-order valence-corrected chi connectivity index (χ0v) is 9.55. The molecule has 0 saturated heterocycles. The molecule has 0 saturated carbocycles. The van der Waals surface area contributed by atoms with Crippen molar-refractivity contribution in [3.8, 4) is 0 Å². The van der Waals surface area contributed by atoms with Gasteiger partial charge in [-0.1, -0.05) is 30.7 Å². The average Bonchev–Trinajstić information content (AvgIpc) is 2.67. The minimum absolute atomic E-state index is 0.0502. The molecule has 0 radical (unpaired) electrons. The van der Waals surface area contributed by atoms with Crippen molar-refractivity contribution in [3.05, 3.63) is 36.0 Å². The van der Waals surface area contributed by atoms with Crippen LogP contribution in [0.4, 0.5) is 0 Å². The molecule has 0 unspecified atom stereocenters. The number of carbonyl (C=O) groups is 1. The molecule has 1 aromatic rings. The van der Waals surface area contributed by atoms with Crippen molar-refractivity contribution in [2.45, 2.75) is 26.8 Å². The smallest absolute Gasteiger partial charge is 0.288 e. The molecule has 1 rings (SSSR count). The summed E-state index contributed by atoms with van der Waals surface area (Å²) in [6.45, 7) is 4.71. The van der Waals surface area contributed by atoms with Gasteiger partial charge in [-0.25, -0.2) is 9.67 Å². The molecular formula is C11H16N4O. The van der Waals surface area contributed by atoms with E-state index in [0.29, 0.717) is 6.54 Å². The third-order valence-corrected chi connectivity index (χ3v) is 1.96. The molecule has 0 aliphatic rings. The molecule has 0 aromatic carbocycles. The van der Waals surface area contributed by atoms with Gasteiger partial charge in [0.25, 0.3) is 5.91 Å². The lowest BCUT2D eigenvalue weighted by Gasteiger charge is -1.93. The first-order chi connectivity index (χ1) is 7.63. The molecule has 0 atom stereocenters. The molecule has 0 bridgehead atoms. The van der Waals surface area contributed by atoms with E-state index in [0.717, 1.165) is 6.42 Å². The Morgan fingerprint density at radius 3 is 2.94 bits per heavy atom. The van der Waals surface area contributed by atoms with Crippen molar-refractivity contribution < 1.29 is 4.79 Å². The van der Waals surface area contributed by atoms with Crippen molar-refractivity contribution in [2.24, 2.45) is 5.73 Å². The minimum Gasteiger partial charge on any atom is -0.363 e. The minimum atomic E-state index is -0.607. The Labute approximate surface area is 94.7 Å². The fraction of sp³-hybridized carbons (Fsp3) is 0.364. The highest BCUT2D eigenvalue weighted by Gasteiger charge is 2.04. The van der Waals surface area contributed by atoms with Crippen LogP contribution in [0.1, 0.15) is 30.9 Å². The zero-order valence-electron chi connectivity index (χ0n) is 9.55. The molecule has 2 N–H and O–H groups in total. The number of amides is 1. The van der Waals surface area contributed by atoms with Crippen LogP contribution in [0.15, 0.2) is 30.1 Å². The molecule has 0 aliphatic carbocycles. The van der Waals surface area contributed by atoms with E-state index in [1.807, 2.05) is 19.1 Å². The topological polar surface area (TPSA) is 73.8 Å². The summed E-state index contributed by atoms with van der Waals surface area (Å²) in [7, 11) is 0. The summed E-state index contributed by atoms with van der Waals surface area (Å²) in [5, 5.41) is 3.91. The van der Waals surface area contributed by atoms with Crippen LogP contribution in [-0.4, -0.2) is 20.7 Å². The molecule has 0 aliphatic heterocycles. The monoisotopic (exact) mass is 220 g/mol. The number of rotatable bonds is 5. The maximum atomic E-state index is 10.7. The van der Waals surface area contributed by atoms with E-state index >= 15 is 0 Å². The summed E-state index contributed by atoms with van der Waals surface area (Å²) in [5.74, 6) is -0.556. The maximum Gasteiger partial charge on any atom is 0.288 e. The van der Waals surface area contributed by atoms with Crippen LogP contribution in [0.2, 0.25) is 0 Å². The fourth-order valence-corrected chi connectivity index (χ4v) is 1.23. The van der Waals surface area contributed by atoms with Crippen LogP contribution in [0.3, 0.4) is 0 Å². The quantitative estimate of drug-likeness (QED) is 0.760. The first-order valence-corrected chi connectivity index (χ1v) is 5.16. The molecule has 0 fully saturated rings. The van der Waals surface area contributed by atoms with Crippen LogP contribution in [-0.2, 0) is 6.54 Å². The van der Waals surface area contributed by atoms with Gasteiger partial charge in [0.1, 0.15) is 6.33 Å². The highest BCUT2D eigenvalue weighted by molar-refractivity contribution is 5.88. The van der Waals surface area contributed by atoms with E-state index in [1.165, 1.54) is 11.9 Å². The lowest BCUT2D eigenvalue weighted by molar-refractivity contribution is 0.0990. The number of aromatic nitrogens is 3. The highest BCUT2D eigenvalue weighted by Crippen LogP contribution is 1.97. The van der Waals surface area contributed by atoms with Crippen molar-refractivity contribution in [1.29, 1.82) is 0 Å². The average molecular weight is 220 g/mol. The zero-order chi connectivity index (χ0) is 12.0. The van der Waals surface area contributed by atoms with Crippen LogP contribution in [0, 0.1) is 0 Å². The number of nitrogens with zero attached hydrogens (tertiary/aromatic N) is 3. The van der Waals surface area contributed by atoms with E-state index < -0.39 is 5.91 Å². The molecular weight excluding hydrogens is 204 g/mol. The van der Waals surface area contributed by atoms with E-state index in [2.05, 4.69) is 23.1 Å². The SMILES string of the molecule is CC/C=C(C)/C=C/Cn1cnc(C(N)=O)n1. The normalized spacial score (nSPS) is 12.2. The number of nitrogens with two attached hydrogens (primary N) is 1. The Bertz CT molecular complexity index is 417. The van der Waals surface area contributed by atoms with Gasteiger partial charge in [0.15, 0.2) is 0 Å². The second-order valence-corrected chi connectivity index (χ2v) is 3.41. The predicted molar refractivity (Wildman–Crippen MR) is 61.7 cm³/mol. The van der Waals surface area contributed by atoms with E-state index in [4.69, 9.17) is 5.73 Å². The van der Waals surface area contributed by atoms with Gasteiger partial charge in [0.2, 0.25) is 5.82 Å². The third kappa shape index (κ3) is 3.68. The van der Waals surface area contributed by atoms with E-state index in [9.17, 15) is 4.79 Å². The van der Waals surface area contributed by atoms with Crippen LogP contribution in [0.25, 0.3) is 0 Å². The van der Waals surface area contributed by atoms with E-state index in [1.54, 1.807) is 4.68 Å². The van der Waals surface area contributed by atoms with Gasteiger partial charge in [0, 0.05) is 0 Å². The van der Waals surface area contributed by atoms with Crippen LogP contribution in [0.5, 0.6) is 0 Å². The summed E-state index contributed by atoms with van der Waals surface area (Å²) >= 11 is 0. The fourth-order valence-electron chi connectivity index (χ4n) is 1.23. The molecule has 86 valence electrons. The molecule has 0 spiro atoms. The van der Waals surface area contributed by atoms with Crippen LogP contribution >= 0.6 is 0 Å². The number of hydrogen-bond donors (Lipinski definition) is 1. The molecule has 1 heterocycles. The number of hydrogen-bond acceptors (Lipinski definition) is 3. The lowest BCUT2D eigenvalue weighted by Crippen LogP contribution is -2.13. The summed E-state index contributed by atoms with van der Waals surface area (Å²) < 4.78 is 1.57. The number of primary amides is 1. The molecule has 5 nitrogen and oxygen atoms in total. The number of allylic oxidation sites excluding steroid dienone is 4. The summed E-state index contributed by atoms with van der Waals surface area (Å²) in [6.07, 6.45) is 8.61. The Balaban J connectivity index is 2.54. The first-order valence-electron chi connectivity index (χ1n) is 5.16. The molecule has 1 aromatic heterocycles. The van der Waals surface area contributed by atoms with Gasteiger partial charge < -0.3 is 5.73 Å². The van der Waals surface area contributed by atoms with Gasteiger partial charge in [-0.15, -0.1) is 5.10 Å². The van der Waals surface area contributed by atoms with Gasteiger partial charge in [-0.05, 0) is 13.3 Å². The summed E-state index contributed by atoms with van der Waals surface area (Å²) in [4.78, 5) is 14.5. The molecule has 1 amide bonds. The van der Waals surface area contributed by atoms with Crippen molar-refractivity contribution in [1.82, 2.24) is 14.8 Å². The van der Waals surface area contributed by atoms with E-state index in [-0.39, 0.29) is 5.82 Å². The largest absolute Gasteiger partial charge is 0.363 e. The van der Waals surface area contributed by atoms with Gasteiger partial charge in [0.05, 0.1) is 6.54 Å². The third-order valence-electron chi connectivity index (χ3n) is 1.96. The van der Waals surface area contributed by atoms with Crippen molar-refractivity contribution >= 4 is 5.91 Å². The Kier molecular flexibility index (Phi) is 4.44. The van der Waals surface area contributed by atoms with Crippen LogP contribution < -0.4 is 5.73 Å². The van der Waals surface area contributed by atoms with Gasteiger partial charge >= 0.3 is 0 Å². The lowest BCUT2D eigenvalue weighted by atomic mass is 10.2. The Morgan fingerprint density at radius 2 is 2.38 bits per heavy atom. The maximum absolute atomic E-state index is 10.7. The molecule has 16 heavy (non-hydrogen) atoms. The van der Waals surface area contributed by atoms with Gasteiger partial charge in [-0.3, -0.25) is 4.79 Å². The Morgan fingerprint density at radius 1 is 1.62 bits per heavy atom. The Hall–Kier alpha value is -1.91.